The van der Waals surface area contributed by atoms with Crippen molar-refractivity contribution in [3.63, 3.8) is 0 Å². The van der Waals surface area contributed by atoms with Crippen molar-refractivity contribution in [3.8, 4) is 0 Å². The van der Waals surface area contributed by atoms with Crippen LogP contribution in [0.3, 0.4) is 0 Å². The van der Waals surface area contributed by atoms with Crippen molar-refractivity contribution < 1.29 is 36.6 Å². The number of carbonyl (C=O) groups is 2. The Morgan fingerprint density at radius 3 is 1.40 bits per heavy atom. The Hall–Kier alpha value is -0.714. The first-order chi connectivity index (χ1) is 6.06. The molecule has 95 valence electrons. The van der Waals surface area contributed by atoms with Crippen molar-refractivity contribution in [2.24, 2.45) is 11.5 Å². The zero-order chi connectivity index (χ0) is 10.7. The number of aliphatic carboxylic acids is 2. The summed E-state index contributed by atoms with van der Waals surface area (Å²) in [5, 5.41) is 17.8. The van der Waals surface area contributed by atoms with Crippen LogP contribution in [0.5, 0.6) is 0 Å². The van der Waals surface area contributed by atoms with Crippen LogP contribution in [0.25, 0.3) is 0 Å². The molecule has 0 bridgehead atoms. The Bertz CT molecular complexity index is 142. The summed E-state index contributed by atoms with van der Waals surface area (Å²) in [5.41, 5.74) is 10.3. The van der Waals surface area contributed by atoms with Crippen molar-refractivity contribution >= 4 is 11.9 Å². The van der Waals surface area contributed by atoms with Gasteiger partial charge in [-0.2, -0.15) is 0 Å². The van der Waals surface area contributed by atoms with Crippen LogP contribution in [-0.4, -0.2) is 48.3 Å². The Kier molecular flexibility index (Phi) is 30.1. The average molecular weight is 269 g/mol. The van der Waals surface area contributed by atoms with Gasteiger partial charge in [0.05, 0.1) is 0 Å². The predicted molar refractivity (Wildman–Crippen MR) is 51.3 cm³/mol. The molecule has 0 aliphatic rings. The third-order valence-electron chi connectivity index (χ3n) is 0.825. The predicted octanol–water partition coefficient (Wildman–Crippen LogP) is -2.19. The summed E-state index contributed by atoms with van der Waals surface area (Å²) in [6.45, 7) is 3.13. The van der Waals surface area contributed by atoms with Gasteiger partial charge in [0.1, 0.15) is 0 Å². The summed E-state index contributed by atoms with van der Waals surface area (Å²) < 4.78 is 0. The maximum atomic E-state index is 9.10. The van der Waals surface area contributed by atoms with Crippen molar-refractivity contribution in [1.29, 1.82) is 0 Å². The fourth-order valence-electron chi connectivity index (χ4n) is 0.329. The minimum Gasteiger partial charge on any atom is -0.473 e. The zero-order valence-electron chi connectivity index (χ0n) is 8.23. The van der Waals surface area contributed by atoms with Crippen molar-refractivity contribution in [1.82, 2.24) is 11.5 Å². The minimum absolute atomic E-state index is 0. The van der Waals surface area contributed by atoms with Crippen molar-refractivity contribution in [2.45, 2.75) is 0 Å². The molecule has 15 heavy (non-hydrogen) atoms. The van der Waals surface area contributed by atoms with Gasteiger partial charge < -0.3 is 33.1 Å². The molecular formula is C6H18CoN4O4. The number of hydrogen-bond donors (Lipinski definition) is 6. The molecule has 0 aromatic carbocycles. The van der Waals surface area contributed by atoms with E-state index in [2.05, 4.69) is 5.32 Å². The smallest absolute Gasteiger partial charge is 0.414 e. The second-order valence-electron chi connectivity index (χ2n) is 1.94. The van der Waals surface area contributed by atoms with E-state index in [1.165, 1.54) is 0 Å². The largest absolute Gasteiger partial charge is 0.473 e. The Labute approximate surface area is 98.2 Å². The van der Waals surface area contributed by atoms with Gasteiger partial charge in [-0.15, -0.1) is 0 Å². The molecule has 9 heteroatoms. The van der Waals surface area contributed by atoms with Crippen molar-refractivity contribution in [2.75, 3.05) is 26.2 Å². The van der Waals surface area contributed by atoms with Crippen LogP contribution in [0.15, 0.2) is 0 Å². The number of carboxylic acid groups (broad SMARTS) is 2. The van der Waals surface area contributed by atoms with Crippen LogP contribution in [0.1, 0.15) is 0 Å². The van der Waals surface area contributed by atoms with Crippen LogP contribution in [-0.2, 0) is 26.4 Å². The number of nitrogens with one attached hydrogen (secondary N) is 1. The fourth-order valence-corrected chi connectivity index (χ4v) is 0.329. The molecule has 8 nitrogen and oxygen atoms in total. The van der Waals surface area contributed by atoms with Crippen LogP contribution in [0.4, 0.5) is 0 Å². The Balaban J connectivity index is -0.0000000718. The van der Waals surface area contributed by atoms with E-state index in [9.17, 15) is 0 Å². The van der Waals surface area contributed by atoms with Gasteiger partial charge in [-0.1, -0.05) is 0 Å². The molecule has 0 saturated carbocycles. The molecule has 0 heterocycles. The summed E-state index contributed by atoms with van der Waals surface area (Å²) in [7, 11) is 0. The molecule has 0 atom stereocenters. The molecule has 0 fully saturated rings. The van der Waals surface area contributed by atoms with Crippen LogP contribution < -0.4 is 22.9 Å². The molecule has 0 aromatic heterocycles. The maximum absolute atomic E-state index is 9.10. The number of rotatable bonds is 4. The van der Waals surface area contributed by atoms with Gasteiger partial charge >= 0.3 is 11.9 Å². The van der Waals surface area contributed by atoms with Gasteiger partial charge in [-0.25, -0.2) is 9.59 Å². The number of nitrogens with two attached hydrogens (primary N) is 2. The third-order valence-corrected chi connectivity index (χ3v) is 0.825. The van der Waals surface area contributed by atoms with Crippen molar-refractivity contribution in [3.05, 3.63) is 0 Å². The first-order valence-electron chi connectivity index (χ1n) is 3.63. The number of hydrogen-bond acceptors (Lipinski definition) is 6. The molecule has 0 unspecified atom stereocenters. The summed E-state index contributed by atoms with van der Waals surface area (Å²) in [6.07, 6.45) is 0. The fraction of sp³-hybridized carbons (Fsp3) is 0.667. The van der Waals surface area contributed by atoms with Crippen LogP contribution >= 0.6 is 0 Å². The van der Waals surface area contributed by atoms with E-state index < -0.39 is 11.9 Å². The van der Waals surface area contributed by atoms with E-state index in [1.807, 2.05) is 0 Å². The minimum atomic E-state index is -1.82. The normalized spacial score (nSPS) is 7.33. The molecule has 0 aliphatic heterocycles. The first kappa shape index (κ1) is 23.8. The molecule has 0 amide bonds. The summed E-state index contributed by atoms with van der Waals surface area (Å²) >= 11 is 0. The van der Waals surface area contributed by atoms with Crippen LogP contribution in [0, 0.1) is 0 Å². The standard InChI is InChI=1S/C4H13N3.C2H2O4.Co.H3N/c5-1-3-7-4-2-6;3-1(4)2(5)6;;/h7H,1-6H2;(H,3,4)(H,5,6);;1H3. The number of carboxylic acids is 2. The average Bonchev–Trinajstić information content (AvgIpc) is 2.06. The van der Waals surface area contributed by atoms with Gasteiger partial charge in [-0.3, -0.25) is 0 Å². The van der Waals surface area contributed by atoms with Gasteiger partial charge in [0.15, 0.2) is 0 Å². The molecule has 1 radical (unpaired) electrons. The second-order valence-corrected chi connectivity index (χ2v) is 1.94. The SMILES string of the molecule is N.NCCNCCN.O=C(O)C(=O)O.[Co]. The quantitative estimate of drug-likeness (QED) is 0.246. The molecule has 0 rings (SSSR count). The molecule has 0 aromatic rings. The molecule has 0 spiro atoms. The molecule has 10 N–H and O–H groups in total. The molecule has 0 saturated heterocycles. The van der Waals surface area contributed by atoms with E-state index in [1.54, 1.807) is 0 Å². The Morgan fingerprint density at radius 1 is 1.00 bits per heavy atom. The first-order valence-corrected chi connectivity index (χ1v) is 3.63. The summed E-state index contributed by atoms with van der Waals surface area (Å²) in [6, 6.07) is 0. The topological polar surface area (TPSA) is 174 Å². The van der Waals surface area contributed by atoms with Gasteiger partial charge in [0, 0.05) is 43.0 Å². The maximum Gasteiger partial charge on any atom is 0.414 e. The second kappa shape index (κ2) is 19.0. The van der Waals surface area contributed by atoms with Gasteiger partial charge in [-0.05, 0) is 0 Å². The summed E-state index contributed by atoms with van der Waals surface area (Å²) in [4.78, 5) is 18.2. The van der Waals surface area contributed by atoms with E-state index in [4.69, 9.17) is 31.3 Å². The zero-order valence-corrected chi connectivity index (χ0v) is 9.28. The Morgan fingerprint density at radius 2 is 1.27 bits per heavy atom. The molecule has 0 aliphatic carbocycles. The summed E-state index contributed by atoms with van der Waals surface area (Å²) in [5.74, 6) is -3.65. The van der Waals surface area contributed by atoms with E-state index in [0.717, 1.165) is 13.1 Å². The third kappa shape index (κ3) is 31.9. The molecular weight excluding hydrogens is 251 g/mol. The van der Waals surface area contributed by atoms with E-state index >= 15 is 0 Å². The monoisotopic (exact) mass is 269 g/mol. The van der Waals surface area contributed by atoms with Gasteiger partial charge in [0.2, 0.25) is 0 Å². The van der Waals surface area contributed by atoms with E-state index in [-0.39, 0.29) is 22.9 Å². The van der Waals surface area contributed by atoms with Crippen LogP contribution in [0.2, 0.25) is 0 Å². The van der Waals surface area contributed by atoms with Gasteiger partial charge in [0.25, 0.3) is 0 Å². The van der Waals surface area contributed by atoms with E-state index in [0.29, 0.717) is 13.1 Å².